The van der Waals surface area contributed by atoms with Gasteiger partial charge in [0, 0.05) is 19.0 Å². The van der Waals surface area contributed by atoms with Crippen LogP contribution in [0.4, 0.5) is 31.9 Å². The Kier molecular flexibility index (Phi) is 6.91. The lowest BCUT2D eigenvalue weighted by molar-refractivity contribution is 0.204. The molecule has 172 valence electrons. The second-order valence-electron chi connectivity index (χ2n) is 7.38. The number of hydrogen-bond acceptors (Lipinski definition) is 7. The van der Waals surface area contributed by atoms with Crippen LogP contribution in [0.2, 0.25) is 0 Å². The van der Waals surface area contributed by atoms with Crippen LogP contribution in [0.5, 0.6) is 0 Å². The number of nitrogens with zero attached hydrogens (tertiary/aromatic N) is 5. The number of rotatable bonds is 7. The average Bonchev–Trinajstić information content (AvgIpc) is 2.88. The fourth-order valence-electron chi connectivity index (χ4n) is 3.42. The molecule has 1 aromatic heterocycles. The van der Waals surface area contributed by atoms with Gasteiger partial charge in [-0.15, -0.1) is 0 Å². The van der Waals surface area contributed by atoms with E-state index in [2.05, 4.69) is 15.3 Å². The van der Waals surface area contributed by atoms with E-state index in [-0.39, 0.29) is 24.2 Å². The topological polar surface area (TPSA) is 97.9 Å². The molecule has 3 aromatic carbocycles. The van der Waals surface area contributed by atoms with Crippen LogP contribution in [0.1, 0.15) is 11.1 Å². The molecule has 0 atom stereocenters. The second kappa shape index (κ2) is 10.4. The molecule has 4 rings (SSSR count). The van der Waals surface area contributed by atoms with Gasteiger partial charge < -0.3 is 10.1 Å². The first-order valence-electron chi connectivity index (χ1n) is 10.4. The molecule has 35 heavy (non-hydrogen) atoms. The Balaban J connectivity index is 1.67. The molecular formula is C26H18F2N6O. The van der Waals surface area contributed by atoms with Gasteiger partial charge in [-0.2, -0.15) is 15.5 Å². The Morgan fingerprint density at radius 2 is 1.49 bits per heavy atom. The number of methoxy groups -OCH3 is 1. The standard InChI is InChI=1S/C26H18F2N6O/c1-35-16-34(24-10-11-31-26(33-24)32-21-8-4-18(15-30)5-9-21)25-22(27)12-20(13-23(25)28)19-6-2-17(14-29)3-7-19/h2-13H,16H2,1H3,(H,31,32,33). The number of halogens is 2. The number of nitrogens with one attached hydrogen (secondary N) is 1. The summed E-state index contributed by atoms with van der Waals surface area (Å²) in [5.41, 5.74) is 2.17. The summed E-state index contributed by atoms with van der Waals surface area (Å²) < 4.78 is 35.7. The molecule has 1 N–H and O–H groups in total. The van der Waals surface area contributed by atoms with E-state index in [1.807, 2.05) is 12.1 Å². The van der Waals surface area contributed by atoms with Gasteiger partial charge in [0.25, 0.3) is 0 Å². The lowest BCUT2D eigenvalue weighted by atomic mass is 10.0. The summed E-state index contributed by atoms with van der Waals surface area (Å²) in [5, 5.41) is 20.9. The maximum atomic E-state index is 15.2. The van der Waals surface area contributed by atoms with Crippen LogP contribution in [0.15, 0.2) is 72.9 Å². The highest BCUT2D eigenvalue weighted by molar-refractivity contribution is 5.71. The third-order valence-corrected chi connectivity index (χ3v) is 5.08. The first kappa shape index (κ1) is 23.3. The molecule has 0 spiro atoms. The molecule has 0 fully saturated rings. The van der Waals surface area contributed by atoms with Gasteiger partial charge in [0.05, 0.1) is 23.3 Å². The summed E-state index contributed by atoms with van der Waals surface area (Å²) in [6.07, 6.45) is 1.46. The number of ether oxygens (including phenoxy) is 1. The molecule has 0 aliphatic carbocycles. The van der Waals surface area contributed by atoms with Gasteiger partial charge in [-0.05, 0) is 65.7 Å². The number of anilines is 4. The molecule has 0 radical (unpaired) electrons. The average molecular weight is 468 g/mol. The lowest BCUT2D eigenvalue weighted by Gasteiger charge is -2.24. The molecule has 4 aromatic rings. The zero-order chi connectivity index (χ0) is 24.8. The van der Waals surface area contributed by atoms with Crippen molar-refractivity contribution in [2.24, 2.45) is 0 Å². The normalized spacial score (nSPS) is 10.3. The first-order valence-corrected chi connectivity index (χ1v) is 10.4. The van der Waals surface area contributed by atoms with Crippen LogP contribution in [0.3, 0.4) is 0 Å². The van der Waals surface area contributed by atoms with Crippen molar-refractivity contribution in [3.8, 4) is 23.3 Å². The van der Waals surface area contributed by atoms with Crippen LogP contribution in [-0.4, -0.2) is 23.8 Å². The smallest absolute Gasteiger partial charge is 0.229 e. The van der Waals surface area contributed by atoms with E-state index < -0.39 is 11.6 Å². The van der Waals surface area contributed by atoms with E-state index in [0.717, 1.165) is 0 Å². The Labute approximate surface area is 200 Å². The molecule has 0 amide bonds. The maximum absolute atomic E-state index is 15.2. The van der Waals surface area contributed by atoms with E-state index >= 15 is 8.78 Å². The van der Waals surface area contributed by atoms with E-state index in [1.54, 1.807) is 48.5 Å². The summed E-state index contributed by atoms with van der Waals surface area (Å²) in [5.74, 6) is -1.20. The van der Waals surface area contributed by atoms with Crippen LogP contribution in [0.25, 0.3) is 11.1 Å². The zero-order valence-electron chi connectivity index (χ0n) is 18.5. The van der Waals surface area contributed by atoms with Crippen molar-refractivity contribution in [3.05, 3.63) is 95.7 Å². The van der Waals surface area contributed by atoms with Crippen molar-refractivity contribution in [2.75, 3.05) is 24.1 Å². The van der Waals surface area contributed by atoms with Crippen molar-refractivity contribution >= 4 is 23.1 Å². The van der Waals surface area contributed by atoms with Gasteiger partial charge >= 0.3 is 0 Å². The minimum atomic E-state index is -0.804. The fraction of sp³-hybridized carbons (Fsp3) is 0.0769. The van der Waals surface area contributed by atoms with Gasteiger partial charge in [-0.1, -0.05) is 12.1 Å². The number of aromatic nitrogens is 2. The Morgan fingerprint density at radius 3 is 2.06 bits per heavy atom. The van der Waals surface area contributed by atoms with E-state index in [0.29, 0.717) is 27.9 Å². The second-order valence-corrected chi connectivity index (χ2v) is 7.38. The summed E-state index contributed by atoms with van der Waals surface area (Å²) in [7, 11) is 1.41. The number of benzene rings is 3. The van der Waals surface area contributed by atoms with Crippen molar-refractivity contribution in [1.29, 1.82) is 10.5 Å². The molecule has 0 saturated carbocycles. The van der Waals surface area contributed by atoms with Gasteiger partial charge in [0.1, 0.15) is 18.2 Å². The SMILES string of the molecule is COCN(c1ccnc(Nc2ccc(C#N)cc2)n1)c1c(F)cc(-c2ccc(C#N)cc2)cc1F. The first-order chi connectivity index (χ1) is 17.0. The minimum absolute atomic E-state index is 0.169. The fourth-order valence-corrected chi connectivity index (χ4v) is 3.42. The van der Waals surface area contributed by atoms with Crippen molar-refractivity contribution in [3.63, 3.8) is 0 Å². The predicted octanol–water partition coefficient (Wildman–Crippen LogP) is 5.65. The largest absolute Gasteiger partial charge is 0.364 e. The van der Waals surface area contributed by atoms with E-state index in [4.69, 9.17) is 15.3 Å². The molecular weight excluding hydrogens is 450 g/mol. The highest BCUT2D eigenvalue weighted by atomic mass is 19.1. The van der Waals surface area contributed by atoms with Gasteiger partial charge in [0.15, 0.2) is 11.6 Å². The summed E-state index contributed by atoms with van der Waals surface area (Å²) in [4.78, 5) is 9.81. The van der Waals surface area contributed by atoms with Crippen molar-refractivity contribution in [1.82, 2.24) is 9.97 Å². The van der Waals surface area contributed by atoms with Crippen LogP contribution < -0.4 is 10.2 Å². The van der Waals surface area contributed by atoms with Crippen LogP contribution >= 0.6 is 0 Å². The third-order valence-electron chi connectivity index (χ3n) is 5.08. The summed E-state index contributed by atoms with van der Waals surface area (Å²) >= 11 is 0. The monoisotopic (exact) mass is 468 g/mol. The highest BCUT2D eigenvalue weighted by Crippen LogP contribution is 2.34. The van der Waals surface area contributed by atoms with Gasteiger partial charge in [-0.3, -0.25) is 4.90 Å². The number of nitriles is 2. The molecule has 0 saturated heterocycles. The minimum Gasteiger partial charge on any atom is -0.364 e. The number of hydrogen-bond donors (Lipinski definition) is 1. The Bertz CT molecular complexity index is 1400. The van der Waals surface area contributed by atoms with Gasteiger partial charge in [0.2, 0.25) is 5.95 Å². The maximum Gasteiger partial charge on any atom is 0.229 e. The molecule has 0 aliphatic rings. The molecule has 1 heterocycles. The van der Waals surface area contributed by atoms with Crippen molar-refractivity contribution in [2.45, 2.75) is 0 Å². The lowest BCUT2D eigenvalue weighted by Crippen LogP contribution is -2.23. The molecule has 0 bridgehead atoms. The third kappa shape index (κ3) is 5.22. The highest BCUT2D eigenvalue weighted by Gasteiger charge is 2.22. The predicted molar refractivity (Wildman–Crippen MR) is 127 cm³/mol. The zero-order valence-corrected chi connectivity index (χ0v) is 18.5. The van der Waals surface area contributed by atoms with Crippen LogP contribution in [-0.2, 0) is 4.74 Å². The Morgan fingerprint density at radius 1 is 0.886 bits per heavy atom. The molecule has 9 heteroatoms. The molecule has 0 unspecified atom stereocenters. The quantitative estimate of drug-likeness (QED) is 0.350. The summed E-state index contributed by atoms with van der Waals surface area (Å²) in [6, 6.07) is 21.1. The molecule has 0 aliphatic heterocycles. The van der Waals surface area contributed by atoms with Crippen LogP contribution in [0, 0.1) is 34.3 Å². The van der Waals surface area contributed by atoms with E-state index in [9.17, 15) is 0 Å². The van der Waals surface area contributed by atoms with Crippen molar-refractivity contribution < 1.29 is 13.5 Å². The molecule has 7 nitrogen and oxygen atoms in total. The summed E-state index contributed by atoms with van der Waals surface area (Å²) in [6.45, 7) is -0.169. The Hall–Kier alpha value is -4.86. The van der Waals surface area contributed by atoms with E-state index in [1.165, 1.54) is 36.4 Å². The van der Waals surface area contributed by atoms with Gasteiger partial charge in [-0.25, -0.2) is 13.8 Å².